The van der Waals surface area contributed by atoms with E-state index in [4.69, 9.17) is 4.74 Å². The van der Waals surface area contributed by atoms with Crippen molar-refractivity contribution < 1.29 is 4.74 Å². The van der Waals surface area contributed by atoms with Gasteiger partial charge in [-0.1, -0.05) is 6.42 Å². The van der Waals surface area contributed by atoms with E-state index in [2.05, 4.69) is 32.3 Å². The first-order chi connectivity index (χ1) is 12.4. The van der Waals surface area contributed by atoms with Crippen molar-refractivity contribution in [1.29, 1.82) is 0 Å². The number of rotatable bonds is 6. The summed E-state index contributed by atoms with van der Waals surface area (Å²) >= 11 is 0. The molecule has 3 aliphatic rings. The van der Waals surface area contributed by atoms with Crippen LogP contribution >= 0.6 is 0 Å². The topological polar surface area (TPSA) is 52.8 Å². The molecular weight excluding hydrogens is 314 g/mol. The molecule has 1 unspecified atom stereocenters. The minimum Gasteiger partial charge on any atom is -0.494 e. The molecule has 0 aliphatic carbocycles. The molecular formula is C19H25N5O. The highest BCUT2D eigenvalue weighted by Gasteiger charge is 2.26. The van der Waals surface area contributed by atoms with Gasteiger partial charge < -0.3 is 9.64 Å². The molecule has 0 saturated carbocycles. The number of likely N-dealkylation sites (tertiary alicyclic amines) is 1. The van der Waals surface area contributed by atoms with E-state index >= 15 is 0 Å². The maximum absolute atomic E-state index is 5.89. The molecule has 4 rings (SSSR count). The molecule has 1 aromatic carbocycles. The third kappa shape index (κ3) is 4.07. The molecule has 0 N–H and O–H groups in total. The van der Waals surface area contributed by atoms with Gasteiger partial charge in [0.2, 0.25) is 0 Å². The Balaban J connectivity index is 1.25. The summed E-state index contributed by atoms with van der Waals surface area (Å²) in [6.45, 7) is 4.43. The van der Waals surface area contributed by atoms with Gasteiger partial charge in [0.15, 0.2) is 0 Å². The van der Waals surface area contributed by atoms with Gasteiger partial charge in [0.1, 0.15) is 12.1 Å². The van der Waals surface area contributed by atoms with E-state index in [-0.39, 0.29) is 6.04 Å². The lowest BCUT2D eigenvalue weighted by molar-refractivity contribution is 0.205. The quantitative estimate of drug-likeness (QED) is 0.749. The monoisotopic (exact) mass is 339 g/mol. The lowest BCUT2D eigenvalue weighted by atomic mass is 10.0. The number of hydrogen-bond donors (Lipinski definition) is 0. The maximum Gasteiger partial charge on any atom is 0.135 e. The molecule has 25 heavy (non-hydrogen) atoms. The number of ether oxygens (including phenoxy) is 1. The van der Waals surface area contributed by atoms with E-state index in [0.29, 0.717) is 0 Å². The standard InChI is InChI=1S/C19H25N5O/c1-2-9-23(10-3-1)11-4-12-25-18-7-5-16(6-8-18)19-13-17-14-20-21-15-24(17)22-19/h5-8,14-15,17H,1-4,9-13H2. The van der Waals surface area contributed by atoms with Crippen molar-refractivity contribution in [1.82, 2.24) is 9.91 Å². The zero-order valence-electron chi connectivity index (χ0n) is 14.5. The van der Waals surface area contributed by atoms with Crippen LogP contribution in [-0.4, -0.2) is 60.5 Å². The zero-order valence-corrected chi connectivity index (χ0v) is 14.5. The summed E-state index contributed by atoms with van der Waals surface area (Å²) in [5, 5.41) is 14.3. The normalized spacial score (nSPS) is 22.8. The van der Waals surface area contributed by atoms with E-state index in [1.807, 2.05) is 23.4 Å². The minimum absolute atomic E-state index is 0.207. The molecule has 1 aromatic rings. The second-order valence-electron chi connectivity index (χ2n) is 6.82. The van der Waals surface area contributed by atoms with E-state index in [9.17, 15) is 0 Å². The highest BCUT2D eigenvalue weighted by atomic mass is 16.5. The average molecular weight is 339 g/mol. The van der Waals surface area contributed by atoms with Gasteiger partial charge in [-0.05, 0) is 62.2 Å². The predicted octanol–water partition coefficient (Wildman–Crippen LogP) is 2.75. The third-order valence-electron chi connectivity index (χ3n) is 4.98. The van der Waals surface area contributed by atoms with Crippen molar-refractivity contribution in [2.75, 3.05) is 26.2 Å². The Bertz CT molecular complexity index is 661. The Kier molecular flexibility index (Phi) is 5.06. The van der Waals surface area contributed by atoms with Gasteiger partial charge in [0.25, 0.3) is 0 Å². The van der Waals surface area contributed by atoms with Gasteiger partial charge in [-0.25, -0.2) is 5.01 Å². The van der Waals surface area contributed by atoms with Crippen LogP contribution in [0.5, 0.6) is 5.75 Å². The second kappa shape index (κ2) is 7.78. The van der Waals surface area contributed by atoms with Gasteiger partial charge >= 0.3 is 0 Å². The van der Waals surface area contributed by atoms with Crippen LogP contribution in [0.1, 0.15) is 37.7 Å². The molecule has 0 amide bonds. The Morgan fingerprint density at radius 2 is 1.88 bits per heavy atom. The van der Waals surface area contributed by atoms with E-state index in [0.717, 1.165) is 43.0 Å². The second-order valence-corrected chi connectivity index (χ2v) is 6.82. The van der Waals surface area contributed by atoms with Crippen molar-refractivity contribution >= 4 is 18.3 Å². The summed E-state index contributed by atoms with van der Waals surface area (Å²) in [5.41, 5.74) is 2.21. The Morgan fingerprint density at radius 1 is 1.04 bits per heavy atom. The third-order valence-corrected chi connectivity index (χ3v) is 4.98. The zero-order chi connectivity index (χ0) is 16.9. The lowest BCUT2D eigenvalue weighted by Gasteiger charge is -2.26. The van der Waals surface area contributed by atoms with Crippen LogP contribution in [0.2, 0.25) is 0 Å². The number of fused-ring (bicyclic) bond motifs is 1. The van der Waals surface area contributed by atoms with Crippen LogP contribution in [0.4, 0.5) is 0 Å². The van der Waals surface area contributed by atoms with Crippen molar-refractivity contribution in [3.05, 3.63) is 29.8 Å². The number of hydrazone groups is 1. The van der Waals surface area contributed by atoms with Crippen molar-refractivity contribution in [2.45, 2.75) is 38.1 Å². The molecule has 1 atom stereocenters. The van der Waals surface area contributed by atoms with Crippen LogP contribution in [0.3, 0.4) is 0 Å². The lowest BCUT2D eigenvalue weighted by Crippen LogP contribution is -2.31. The fraction of sp³-hybridized carbons (Fsp3) is 0.526. The van der Waals surface area contributed by atoms with Gasteiger partial charge in [-0.3, -0.25) is 0 Å². The molecule has 0 radical (unpaired) electrons. The Labute approximate surface area is 148 Å². The number of hydrogen-bond acceptors (Lipinski definition) is 6. The van der Waals surface area contributed by atoms with Crippen LogP contribution in [-0.2, 0) is 0 Å². The smallest absolute Gasteiger partial charge is 0.135 e. The van der Waals surface area contributed by atoms with Crippen LogP contribution in [0.25, 0.3) is 0 Å². The van der Waals surface area contributed by atoms with Crippen molar-refractivity contribution in [3.63, 3.8) is 0 Å². The summed E-state index contributed by atoms with van der Waals surface area (Å²) in [5.74, 6) is 0.932. The van der Waals surface area contributed by atoms with Crippen molar-refractivity contribution in [2.24, 2.45) is 15.3 Å². The van der Waals surface area contributed by atoms with E-state index in [1.54, 1.807) is 6.34 Å². The largest absolute Gasteiger partial charge is 0.494 e. The van der Waals surface area contributed by atoms with Crippen LogP contribution < -0.4 is 4.74 Å². The van der Waals surface area contributed by atoms with Crippen molar-refractivity contribution in [3.8, 4) is 5.75 Å². The van der Waals surface area contributed by atoms with E-state index in [1.165, 1.54) is 32.4 Å². The van der Waals surface area contributed by atoms with Gasteiger partial charge in [0, 0.05) is 13.0 Å². The average Bonchev–Trinajstić information content (AvgIpc) is 3.11. The van der Waals surface area contributed by atoms with E-state index < -0.39 is 0 Å². The number of benzene rings is 1. The molecule has 1 saturated heterocycles. The van der Waals surface area contributed by atoms with Gasteiger partial charge in [0.05, 0.1) is 24.6 Å². The predicted molar refractivity (Wildman–Crippen MR) is 101 cm³/mol. The number of piperidine rings is 1. The number of nitrogens with zero attached hydrogens (tertiary/aromatic N) is 5. The molecule has 3 heterocycles. The van der Waals surface area contributed by atoms with Gasteiger partial charge in [-0.2, -0.15) is 10.2 Å². The highest BCUT2D eigenvalue weighted by Crippen LogP contribution is 2.21. The van der Waals surface area contributed by atoms with Crippen LogP contribution in [0.15, 0.2) is 39.6 Å². The molecule has 132 valence electrons. The SMILES string of the molecule is C1=NN=CN2N=C(c3ccc(OCCCN4CCCCC4)cc3)CC12. The summed E-state index contributed by atoms with van der Waals surface area (Å²) in [7, 11) is 0. The molecule has 6 heteroatoms. The Hall–Kier alpha value is -2.21. The maximum atomic E-state index is 5.89. The molecule has 0 bridgehead atoms. The first-order valence-corrected chi connectivity index (χ1v) is 9.26. The molecule has 1 fully saturated rings. The first kappa shape index (κ1) is 16.3. The fourth-order valence-electron chi connectivity index (χ4n) is 3.56. The van der Waals surface area contributed by atoms with Crippen LogP contribution in [0, 0.1) is 0 Å². The molecule has 3 aliphatic heterocycles. The highest BCUT2D eigenvalue weighted by molar-refractivity contribution is 6.04. The summed E-state index contributed by atoms with van der Waals surface area (Å²) in [6, 6.07) is 8.46. The molecule has 0 aromatic heterocycles. The summed E-state index contributed by atoms with van der Waals surface area (Å²) in [4.78, 5) is 2.55. The summed E-state index contributed by atoms with van der Waals surface area (Å²) < 4.78 is 5.89. The minimum atomic E-state index is 0.207. The first-order valence-electron chi connectivity index (χ1n) is 9.26. The summed E-state index contributed by atoms with van der Waals surface area (Å²) in [6.07, 6.45) is 9.57. The molecule has 6 nitrogen and oxygen atoms in total. The fourth-order valence-corrected chi connectivity index (χ4v) is 3.56. The molecule has 0 spiro atoms. The van der Waals surface area contributed by atoms with Gasteiger partial charge in [-0.15, -0.1) is 5.10 Å². The Morgan fingerprint density at radius 3 is 2.68 bits per heavy atom.